The number of hydrogen-bond donors (Lipinski definition) is 2. The zero-order valence-corrected chi connectivity index (χ0v) is 14.2. The molecule has 0 bridgehead atoms. The Labute approximate surface area is 145 Å². The van der Waals surface area contributed by atoms with E-state index in [0.717, 1.165) is 11.3 Å². The number of hydrogen-bond acceptors (Lipinski definition) is 2. The van der Waals surface area contributed by atoms with E-state index in [1.807, 2.05) is 13.8 Å². The molecular weight excluding hydrogens is 321 g/mol. The number of fused-ring (bicyclic) bond motifs is 1. The molecule has 2 aromatic rings. The van der Waals surface area contributed by atoms with E-state index < -0.39 is 0 Å². The number of urea groups is 1. The molecule has 1 aliphatic heterocycles. The third-order valence-corrected chi connectivity index (χ3v) is 3.97. The zero-order chi connectivity index (χ0) is 18.0. The van der Waals surface area contributed by atoms with Gasteiger partial charge in [0.05, 0.1) is 0 Å². The molecule has 0 unspecified atom stereocenters. The molecule has 0 fully saturated rings. The third-order valence-electron chi connectivity index (χ3n) is 3.97. The van der Waals surface area contributed by atoms with Crippen molar-refractivity contribution in [1.29, 1.82) is 0 Å². The monoisotopic (exact) mass is 341 g/mol. The van der Waals surface area contributed by atoms with E-state index in [2.05, 4.69) is 10.6 Å². The van der Waals surface area contributed by atoms with Crippen molar-refractivity contribution in [3.05, 3.63) is 59.4 Å². The number of halogens is 1. The second-order valence-electron chi connectivity index (χ2n) is 6.31. The number of carbonyl (C=O) groups is 2. The van der Waals surface area contributed by atoms with Gasteiger partial charge in [0, 0.05) is 29.5 Å². The van der Waals surface area contributed by atoms with Crippen LogP contribution in [0.3, 0.4) is 0 Å². The number of amides is 3. The Morgan fingerprint density at radius 2 is 1.96 bits per heavy atom. The van der Waals surface area contributed by atoms with Gasteiger partial charge >= 0.3 is 6.03 Å². The lowest BCUT2D eigenvalue weighted by Gasteiger charge is -2.18. The Morgan fingerprint density at radius 1 is 1.16 bits per heavy atom. The van der Waals surface area contributed by atoms with Crippen molar-refractivity contribution in [2.75, 3.05) is 16.8 Å². The second kappa shape index (κ2) is 6.93. The predicted octanol–water partition coefficient (Wildman–Crippen LogP) is 3.56. The van der Waals surface area contributed by atoms with E-state index in [-0.39, 0.29) is 23.8 Å². The van der Waals surface area contributed by atoms with Crippen molar-refractivity contribution in [1.82, 2.24) is 5.32 Å². The summed E-state index contributed by atoms with van der Waals surface area (Å²) in [5, 5.41) is 5.45. The number of nitrogens with one attached hydrogen (secondary N) is 2. The molecule has 3 amide bonds. The van der Waals surface area contributed by atoms with E-state index >= 15 is 0 Å². The van der Waals surface area contributed by atoms with E-state index in [0.29, 0.717) is 24.2 Å². The van der Waals surface area contributed by atoms with E-state index in [1.165, 1.54) is 12.1 Å². The van der Waals surface area contributed by atoms with Crippen LogP contribution in [0.1, 0.15) is 29.8 Å². The molecule has 0 saturated heterocycles. The van der Waals surface area contributed by atoms with Gasteiger partial charge in [-0.3, -0.25) is 4.79 Å². The zero-order valence-electron chi connectivity index (χ0n) is 14.2. The number of nitrogens with zero attached hydrogens (tertiary/aromatic N) is 1. The Kier molecular flexibility index (Phi) is 4.70. The highest BCUT2D eigenvalue weighted by Gasteiger charge is 2.26. The molecule has 0 atom stereocenters. The number of rotatable bonds is 3. The first-order valence-electron chi connectivity index (χ1n) is 8.22. The van der Waals surface area contributed by atoms with Gasteiger partial charge in [-0.2, -0.15) is 0 Å². The molecule has 2 aromatic carbocycles. The maximum absolute atomic E-state index is 13.3. The van der Waals surface area contributed by atoms with Crippen LogP contribution >= 0.6 is 0 Å². The van der Waals surface area contributed by atoms with Crippen molar-refractivity contribution >= 4 is 23.3 Å². The standard InChI is InChI=1S/C19H20FN3O2/c1-12(2)21-19(25)22-16-5-3-4-14(11-16)18(24)23-9-8-13-10-15(20)6-7-17(13)23/h3-7,10-12H,8-9H2,1-2H3,(H2,21,22,25). The average molecular weight is 341 g/mol. The van der Waals surface area contributed by atoms with Crippen LogP contribution < -0.4 is 15.5 Å². The van der Waals surface area contributed by atoms with Crippen LogP contribution in [0.5, 0.6) is 0 Å². The van der Waals surface area contributed by atoms with Crippen molar-refractivity contribution in [2.24, 2.45) is 0 Å². The molecule has 0 aliphatic carbocycles. The maximum atomic E-state index is 13.3. The Bertz CT molecular complexity index is 820. The molecule has 3 rings (SSSR count). The van der Waals surface area contributed by atoms with Crippen molar-refractivity contribution in [3.8, 4) is 0 Å². The van der Waals surface area contributed by atoms with E-state index in [9.17, 15) is 14.0 Å². The molecular formula is C19H20FN3O2. The van der Waals surface area contributed by atoms with Crippen LogP contribution in [-0.4, -0.2) is 24.5 Å². The van der Waals surface area contributed by atoms with Gasteiger partial charge in [-0.1, -0.05) is 6.07 Å². The molecule has 130 valence electrons. The van der Waals surface area contributed by atoms with Gasteiger partial charge in [-0.05, 0) is 62.2 Å². The van der Waals surface area contributed by atoms with E-state index in [4.69, 9.17) is 0 Å². The van der Waals surface area contributed by atoms with Gasteiger partial charge in [-0.25, -0.2) is 9.18 Å². The maximum Gasteiger partial charge on any atom is 0.319 e. The summed E-state index contributed by atoms with van der Waals surface area (Å²) >= 11 is 0. The normalized spacial score (nSPS) is 12.9. The predicted molar refractivity (Wildman–Crippen MR) is 95.5 cm³/mol. The molecule has 1 aliphatic rings. The minimum Gasteiger partial charge on any atom is -0.336 e. The van der Waals surface area contributed by atoms with Gasteiger partial charge in [0.15, 0.2) is 0 Å². The first-order chi connectivity index (χ1) is 11.9. The number of carbonyl (C=O) groups excluding carboxylic acids is 2. The van der Waals surface area contributed by atoms with Crippen LogP contribution in [0.15, 0.2) is 42.5 Å². The summed E-state index contributed by atoms with van der Waals surface area (Å²) < 4.78 is 13.3. The quantitative estimate of drug-likeness (QED) is 0.897. The largest absolute Gasteiger partial charge is 0.336 e. The molecule has 25 heavy (non-hydrogen) atoms. The van der Waals surface area contributed by atoms with Crippen molar-refractivity contribution in [3.63, 3.8) is 0 Å². The summed E-state index contributed by atoms with van der Waals surface area (Å²) in [6.07, 6.45) is 0.633. The third kappa shape index (κ3) is 3.79. The van der Waals surface area contributed by atoms with Gasteiger partial charge in [-0.15, -0.1) is 0 Å². The SMILES string of the molecule is CC(C)NC(=O)Nc1cccc(C(=O)N2CCc3cc(F)ccc32)c1. The molecule has 0 aromatic heterocycles. The molecule has 6 heteroatoms. The lowest BCUT2D eigenvalue weighted by Crippen LogP contribution is -2.34. The summed E-state index contributed by atoms with van der Waals surface area (Å²) in [5.74, 6) is -0.464. The summed E-state index contributed by atoms with van der Waals surface area (Å²) in [7, 11) is 0. The topological polar surface area (TPSA) is 61.4 Å². The smallest absolute Gasteiger partial charge is 0.319 e. The highest BCUT2D eigenvalue weighted by Crippen LogP contribution is 2.30. The molecule has 1 heterocycles. The first kappa shape index (κ1) is 17.0. The molecule has 5 nitrogen and oxygen atoms in total. The second-order valence-corrected chi connectivity index (χ2v) is 6.31. The van der Waals surface area contributed by atoms with Gasteiger partial charge in [0.1, 0.15) is 5.82 Å². The summed E-state index contributed by atoms with van der Waals surface area (Å²) in [6.45, 7) is 4.25. The van der Waals surface area contributed by atoms with Gasteiger partial charge in [0.25, 0.3) is 5.91 Å². The van der Waals surface area contributed by atoms with Crippen LogP contribution in [0.25, 0.3) is 0 Å². The fourth-order valence-electron chi connectivity index (χ4n) is 2.90. The summed E-state index contributed by atoms with van der Waals surface area (Å²) in [6, 6.07) is 11.0. The first-order valence-corrected chi connectivity index (χ1v) is 8.22. The highest BCUT2D eigenvalue weighted by atomic mass is 19.1. The van der Waals surface area contributed by atoms with Crippen molar-refractivity contribution in [2.45, 2.75) is 26.3 Å². The van der Waals surface area contributed by atoms with Crippen LogP contribution in [0.2, 0.25) is 0 Å². The van der Waals surface area contributed by atoms with Crippen LogP contribution in [0.4, 0.5) is 20.6 Å². The van der Waals surface area contributed by atoms with Gasteiger partial charge in [0.2, 0.25) is 0 Å². The molecule has 0 radical (unpaired) electrons. The Morgan fingerprint density at radius 3 is 2.72 bits per heavy atom. The Balaban J connectivity index is 1.78. The number of benzene rings is 2. The molecule has 2 N–H and O–H groups in total. The summed E-state index contributed by atoms with van der Waals surface area (Å²) in [4.78, 5) is 26.3. The molecule has 0 saturated carbocycles. The minimum atomic E-state index is -0.318. The highest BCUT2D eigenvalue weighted by molar-refractivity contribution is 6.08. The minimum absolute atomic E-state index is 0.0197. The van der Waals surface area contributed by atoms with Gasteiger partial charge < -0.3 is 15.5 Å². The van der Waals surface area contributed by atoms with Crippen molar-refractivity contribution < 1.29 is 14.0 Å². The van der Waals surface area contributed by atoms with Crippen LogP contribution in [-0.2, 0) is 6.42 Å². The lowest BCUT2D eigenvalue weighted by atomic mass is 10.1. The van der Waals surface area contributed by atoms with E-state index in [1.54, 1.807) is 35.2 Å². The molecule has 0 spiro atoms. The fraction of sp³-hybridized carbons (Fsp3) is 0.263. The fourth-order valence-corrected chi connectivity index (χ4v) is 2.90. The Hall–Kier alpha value is -2.89. The lowest BCUT2D eigenvalue weighted by molar-refractivity contribution is 0.0989. The summed E-state index contributed by atoms with van der Waals surface area (Å²) in [5.41, 5.74) is 2.59. The average Bonchev–Trinajstić information content (AvgIpc) is 2.96. The number of anilines is 2. The van der Waals surface area contributed by atoms with Crippen LogP contribution in [0, 0.1) is 5.82 Å².